The number of halogens is 1. The summed E-state index contributed by atoms with van der Waals surface area (Å²) in [5.41, 5.74) is 1.51. The first-order valence-electron chi connectivity index (χ1n) is 8.78. The average Bonchev–Trinajstić information content (AvgIpc) is 3.27. The van der Waals surface area contributed by atoms with E-state index in [0.717, 1.165) is 24.2 Å². The van der Waals surface area contributed by atoms with E-state index in [1.807, 2.05) is 24.3 Å². The van der Waals surface area contributed by atoms with Crippen molar-refractivity contribution >= 4 is 11.6 Å². The molecule has 1 fully saturated rings. The molecule has 0 amide bonds. The van der Waals surface area contributed by atoms with E-state index in [9.17, 15) is 4.79 Å². The van der Waals surface area contributed by atoms with Gasteiger partial charge in [0.2, 0.25) is 5.89 Å². The maximum Gasteiger partial charge on any atom is 0.442 e. The lowest BCUT2D eigenvalue weighted by atomic mass is 10.1. The van der Waals surface area contributed by atoms with E-state index >= 15 is 0 Å². The highest BCUT2D eigenvalue weighted by Gasteiger charge is 2.16. The summed E-state index contributed by atoms with van der Waals surface area (Å²) in [4.78, 5) is 12.1. The standard InChI is InChI=1S/C20H19ClN2O3/c21-17-7-3-4-8-18(17)23-20(24)26-19(22-23)13-14-9-11-16(12-10-14)25-15-5-1-2-6-15/h3-4,7-12,15H,1-2,5-6,13H2. The third-order valence-electron chi connectivity index (χ3n) is 4.55. The number of para-hydroxylation sites is 1. The van der Waals surface area contributed by atoms with Gasteiger partial charge in [-0.3, -0.25) is 0 Å². The van der Waals surface area contributed by atoms with Crippen LogP contribution in [0.1, 0.15) is 37.1 Å². The Kier molecular flexibility index (Phi) is 4.80. The lowest BCUT2D eigenvalue weighted by Gasteiger charge is -2.13. The van der Waals surface area contributed by atoms with Gasteiger partial charge < -0.3 is 9.15 Å². The molecule has 134 valence electrons. The van der Waals surface area contributed by atoms with Gasteiger partial charge in [0.15, 0.2) is 0 Å². The van der Waals surface area contributed by atoms with Crippen molar-refractivity contribution in [1.82, 2.24) is 9.78 Å². The Morgan fingerprint density at radius 3 is 2.58 bits per heavy atom. The Morgan fingerprint density at radius 1 is 1.12 bits per heavy atom. The van der Waals surface area contributed by atoms with Gasteiger partial charge in [-0.05, 0) is 55.5 Å². The summed E-state index contributed by atoms with van der Waals surface area (Å²) < 4.78 is 12.4. The fourth-order valence-corrected chi connectivity index (χ4v) is 3.44. The Bertz CT molecular complexity index is 940. The van der Waals surface area contributed by atoms with Crippen molar-refractivity contribution in [3.05, 3.63) is 75.6 Å². The van der Waals surface area contributed by atoms with Crippen molar-refractivity contribution in [2.45, 2.75) is 38.2 Å². The first kappa shape index (κ1) is 16.9. The number of ether oxygens (including phenoxy) is 1. The Balaban J connectivity index is 1.48. The minimum atomic E-state index is -0.547. The fraction of sp³-hybridized carbons (Fsp3) is 0.300. The smallest absolute Gasteiger partial charge is 0.442 e. The van der Waals surface area contributed by atoms with Crippen LogP contribution in [0, 0.1) is 0 Å². The average molecular weight is 371 g/mol. The predicted octanol–water partition coefficient (Wildman–Crippen LogP) is 4.39. The topological polar surface area (TPSA) is 57.3 Å². The van der Waals surface area contributed by atoms with Crippen molar-refractivity contribution in [1.29, 1.82) is 0 Å². The molecular weight excluding hydrogens is 352 g/mol. The van der Waals surface area contributed by atoms with E-state index < -0.39 is 5.76 Å². The molecule has 1 saturated carbocycles. The highest BCUT2D eigenvalue weighted by molar-refractivity contribution is 6.32. The molecule has 0 N–H and O–H groups in total. The number of hydrogen-bond acceptors (Lipinski definition) is 4. The fourth-order valence-electron chi connectivity index (χ4n) is 3.22. The van der Waals surface area contributed by atoms with Crippen LogP contribution < -0.4 is 10.5 Å². The highest BCUT2D eigenvalue weighted by Crippen LogP contribution is 2.24. The maximum atomic E-state index is 12.1. The van der Waals surface area contributed by atoms with Crippen LogP contribution >= 0.6 is 11.6 Å². The summed E-state index contributed by atoms with van der Waals surface area (Å²) in [5.74, 6) is 0.678. The SMILES string of the molecule is O=c1oc(Cc2ccc(OC3CCCC3)cc2)nn1-c1ccccc1Cl. The summed E-state index contributed by atoms with van der Waals surface area (Å²) in [7, 11) is 0. The van der Waals surface area contributed by atoms with E-state index in [4.69, 9.17) is 20.8 Å². The van der Waals surface area contributed by atoms with E-state index in [1.54, 1.807) is 24.3 Å². The molecule has 0 aliphatic heterocycles. The van der Waals surface area contributed by atoms with Crippen LogP contribution in [0.15, 0.2) is 57.7 Å². The molecule has 4 rings (SSSR count). The Morgan fingerprint density at radius 2 is 1.85 bits per heavy atom. The molecule has 1 aliphatic carbocycles. The first-order chi connectivity index (χ1) is 12.7. The zero-order valence-corrected chi connectivity index (χ0v) is 15.0. The quantitative estimate of drug-likeness (QED) is 0.668. The van der Waals surface area contributed by atoms with Crippen LogP contribution in [0.2, 0.25) is 5.02 Å². The maximum absolute atomic E-state index is 12.1. The van der Waals surface area contributed by atoms with Gasteiger partial charge in [0.05, 0.1) is 23.2 Å². The molecule has 0 spiro atoms. The zero-order chi connectivity index (χ0) is 17.9. The molecular formula is C20H19ClN2O3. The van der Waals surface area contributed by atoms with Gasteiger partial charge in [-0.2, -0.15) is 4.68 Å². The van der Waals surface area contributed by atoms with Crippen LogP contribution in [0.5, 0.6) is 5.75 Å². The largest absolute Gasteiger partial charge is 0.490 e. The first-order valence-corrected chi connectivity index (χ1v) is 9.16. The van der Waals surface area contributed by atoms with Gasteiger partial charge in [-0.15, -0.1) is 5.10 Å². The normalized spacial score (nSPS) is 14.7. The number of benzene rings is 2. The Labute approximate surface area is 156 Å². The summed E-state index contributed by atoms with van der Waals surface area (Å²) in [5, 5.41) is 4.71. The second-order valence-corrected chi connectivity index (χ2v) is 6.88. The monoisotopic (exact) mass is 370 g/mol. The molecule has 6 heteroatoms. The molecule has 1 heterocycles. The summed E-state index contributed by atoms with van der Waals surface area (Å²) in [6.45, 7) is 0. The van der Waals surface area contributed by atoms with Crippen molar-refractivity contribution in [3.63, 3.8) is 0 Å². The van der Waals surface area contributed by atoms with E-state index in [0.29, 0.717) is 29.1 Å². The van der Waals surface area contributed by atoms with Crippen molar-refractivity contribution in [2.24, 2.45) is 0 Å². The second-order valence-electron chi connectivity index (χ2n) is 6.47. The molecule has 0 bridgehead atoms. The molecule has 0 atom stereocenters. The number of rotatable bonds is 5. The van der Waals surface area contributed by atoms with Crippen molar-refractivity contribution in [3.8, 4) is 11.4 Å². The molecule has 1 aromatic heterocycles. The number of nitrogens with zero attached hydrogens (tertiary/aromatic N) is 2. The minimum absolute atomic E-state index is 0.338. The summed E-state index contributed by atoms with van der Waals surface area (Å²) in [6.07, 6.45) is 5.52. The lowest BCUT2D eigenvalue weighted by Crippen LogP contribution is -2.13. The predicted molar refractivity (Wildman–Crippen MR) is 99.2 cm³/mol. The van der Waals surface area contributed by atoms with E-state index in [1.165, 1.54) is 17.5 Å². The third kappa shape index (κ3) is 3.68. The van der Waals surface area contributed by atoms with Gasteiger partial charge in [0.25, 0.3) is 0 Å². The van der Waals surface area contributed by atoms with Gasteiger partial charge in [0, 0.05) is 0 Å². The Hall–Kier alpha value is -2.53. The van der Waals surface area contributed by atoms with Crippen LogP contribution in [0.4, 0.5) is 0 Å². The number of aromatic nitrogens is 2. The molecule has 0 saturated heterocycles. The van der Waals surface area contributed by atoms with E-state index in [-0.39, 0.29) is 0 Å². The highest BCUT2D eigenvalue weighted by atomic mass is 35.5. The minimum Gasteiger partial charge on any atom is -0.490 e. The third-order valence-corrected chi connectivity index (χ3v) is 4.87. The summed E-state index contributed by atoms with van der Waals surface area (Å²) >= 11 is 6.13. The van der Waals surface area contributed by atoms with Gasteiger partial charge in [0.1, 0.15) is 5.75 Å². The molecule has 3 aromatic rings. The van der Waals surface area contributed by atoms with Gasteiger partial charge in [-0.25, -0.2) is 4.79 Å². The van der Waals surface area contributed by atoms with Gasteiger partial charge >= 0.3 is 5.76 Å². The summed E-state index contributed by atoms with van der Waals surface area (Å²) in [6, 6.07) is 14.9. The van der Waals surface area contributed by atoms with Crippen LogP contribution in [0.3, 0.4) is 0 Å². The molecule has 0 radical (unpaired) electrons. The van der Waals surface area contributed by atoms with E-state index in [2.05, 4.69) is 5.10 Å². The van der Waals surface area contributed by atoms with Crippen LogP contribution in [0.25, 0.3) is 5.69 Å². The molecule has 0 unspecified atom stereocenters. The lowest BCUT2D eigenvalue weighted by molar-refractivity contribution is 0.210. The van der Waals surface area contributed by atoms with Gasteiger partial charge in [-0.1, -0.05) is 35.9 Å². The molecule has 5 nitrogen and oxygen atoms in total. The zero-order valence-electron chi connectivity index (χ0n) is 14.2. The molecule has 2 aromatic carbocycles. The van der Waals surface area contributed by atoms with Crippen LogP contribution in [-0.4, -0.2) is 15.9 Å². The van der Waals surface area contributed by atoms with Crippen LogP contribution in [-0.2, 0) is 6.42 Å². The molecule has 26 heavy (non-hydrogen) atoms. The van der Waals surface area contributed by atoms with Crippen molar-refractivity contribution < 1.29 is 9.15 Å². The number of hydrogen-bond donors (Lipinski definition) is 0. The van der Waals surface area contributed by atoms with Crippen molar-refractivity contribution in [2.75, 3.05) is 0 Å². The molecule has 1 aliphatic rings. The second kappa shape index (κ2) is 7.38.